The molecule has 1 heterocycles. The van der Waals surface area contributed by atoms with Crippen molar-refractivity contribution in [2.45, 2.75) is 18.9 Å². The highest BCUT2D eigenvalue weighted by atomic mass is 16.5. The number of ether oxygens (including phenoxy) is 1. The van der Waals surface area contributed by atoms with Crippen molar-refractivity contribution in [3.8, 4) is 5.75 Å². The molecule has 0 aliphatic carbocycles. The molecule has 1 saturated heterocycles. The van der Waals surface area contributed by atoms with E-state index in [0.717, 1.165) is 19.4 Å². The lowest BCUT2D eigenvalue weighted by molar-refractivity contribution is 0.0855. The molecular weight excluding hydrogens is 220 g/mol. The zero-order valence-electron chi connectivity index (χ0n) is 9.48. The number of rotatable bonds is 3. The average Bonchev–Trinajstić information content (AvgIpc) is 2.82. The Morgan fingerprint density at radius 2 is 2.41 bits per heavy atom. The number of hydrogen-bond donors (Lipinski definition) is 3. The van der Waals surface area contributed by atoms with Gasteiger partial charge in [-0.15, -0.1) is 0 Å². The second-order valence-electron chi connectivity index (χ2n) is 4.09. The number of anilines is 1. The number of hydrogen-bond acceptors (Lipinski definition) is 4. The topological polar surface area (TPSA) is 84.6 Å². The van der Waals surface area contributed by atoms with Gasteiger partial charge in [-0.2, -0.15) is 0 Å². The van der Waals surface area contributed by atoms with Gasteiger partial charge in [0, 0.05) is 13.2 Å². The number of carbonyl (C=O) groups excluding carboxylic acids is 1. The van der Waals surface area contributed by atoms with E-state index in [1.54, 1.807) is 12.1 Å². The minimum Gasteiger partial charge on any atom is -0.505 e. The molecule has 1 atom stereocenters. The Bertz CT molecular complexity index is 414. The summed E-state index contributed by atoms with van der Waals surface area (Å²) in [5.41, 5.74) is 5.92. The molecule has 0 radical (unpaired) electrons. The van der Waals surface area contributed by atoms with Gasteiger partial charge in [-0.3, -0.25) is 4.79 Å². The van der Waals surface area contributed by atoms with Crippen LogP contribution in [0.2, 0.25) is 0 Å². The van der Waals surface area contributed by atoms with Crippen LogP contribution in [0, 0.1) is 0 Å². The molecule has 1 amide bonds. The molecule has 5 nitrogen and oxygen atoms in total. The van der Waals surface area contributed by atoms with Gasteiger partial charge in [-0.05, 0) is 25.0 Å². The highest BCUT2D eigenvalue weighted by Crippen LogP contribution is 2.24. The molecule has 4 N–H and O–H groups in total. The number of amides is 1. The van der Waals surface area contributed by atoms with E-state index in [4.69, 9.17) is 10.5 Å². The van der Waals surface area contributed by atoms with E-state index in [1.807, 2.05) is 0 Å². The fourth-order valence-electron chi connectivity index (χ4n) is 1.85. The zero-order chi connectivity index (χ0) is 12.3. The zero-order valence-corrected chi connectivity index (χ0v) is 9.48. The van der Waals surface area contributed by atoms with Crippen molar-refractivity contribution in [1.82, 2.24) is 5.32 Å². The maximum Gasteiger partial charge on any atom is 0.255 e. The Hall–Kier alpha value is -1.75. The van der Waals surface area contributed by atoms with E-state index >= 15 is 0 Å². The fraction of sp³-hybridized carbons (Fsp3) is 0.417. The molecule has 1 unspecified atom stereocenters. The van der Waals surface area contributed by atoms with Crippen molar-refractivity contribution in [2.75, 3.05) is 18.9 Å². The molecule has 0 saturated carbocycles. The summed E-state index contributed by atoms with van der Waals surface area (Å²) >= 11 is 0. The number of nitrogens with one attached hydrogen (secondary N) is 1. The number of phenols is 1. The molecular formula is C12H16N2O3. The monoisotopic (exact) mass is 236 g/mol. The first-order chi connectivity index (χ1) is 8.18. The van der Waals surface area contributed by atoms with Crippen LogP contribution in [0.15, 0.2) is 18.2 Å². The van der Waals surface area contributed by atoms with Crippen molar-refractivity contribution in [3.63, 3.8) is 0 Å². The van der Waals surface area contributed by atoms with E-state index in [0.29, 0.717) is 6.54 Å². The third-order valence-corrected chi connectivity index (χ3v) is 2.83. The molecule has 1 fully saturated rings. The summed E-state index contributed by atoms with van der Waals surface area (Å²) in [7, 11) is 0. The van der Waals surface area contributed by atoms with Gasteiger partial charge in [0.05, 0.1) is 17.4 Å². The molecule has 2 rings (SSSR count). The van der Waals surface area contributed by atoms with Crippen LogP contribution in [0.5, 0.6) is 5.75 Å². The maximum atomic E-state index is 11.8. The Kier molecular flexibility index (Phi) is 3.49. The van der Waals surface area contributed by atoms with Crippen LogP contribution < -0.4 is 11.1 Å². The molecule has 17 heavy (non-hydrogen) atoms. The van der Waals surface area contributed by atoms with E-state index in [-0.39, 0.29) is 29.0 Å². The SMILES string of the molecule is Nc1cccc(C(=O)NCC2CCCO2)c1O. The van der Waals surface area contributed by atoms with E-state index < -0.39 is 0 Å². The number of benzene rings is 1. The molecule has 0 aromatic heterocycles. The van der Waals surface area contributed by atoms with Crippen molar-refractivity contribution < 1.29 is 14.6 Å². The summed E-state index contributed by atoms with van der Waals surface area (Å²) in [4.78, 5) is 11.8. The summed E-state index contributed by atoms with van der Waals surface area (Å²) in [5.74, 6) is -0.498. The number of nitrogens with two attached hydrogens (primary N) is 1. The van der Waals surface area contributed by atoms with Crippen LogP contribution in [0.3, 0.4) is 0 Å². The number of nitrogen functional groups attached to an aromatic ring is 1. The Morgan fingerprint density at radius 3 is 3.12 bits per heavy atom. The summed E-state index contributed by atoms with van der Waals surface area (Å²) in [6.45, 7) is 1.22. The summed E-state index contributed by atoms with van der Waals surface area (Å²) in [6.07, 6.45) is 2.08. The second kappa shape index (κ2) is 5.05. The van der Waals surface area contributed by atoms with Crippen molar-refractivity contribution >= 4 is 11.6 Å². The van der Waals surface area contributed by atoms with Crippen LogP contribution in [0.25, 0.3) is 0 Å². The van der Waals surface area contributed by atoms with Crippen molar-refractivity contribution in [1.29, 1.82) is 0 Å². The highest BCUT2D eigenvalue weighted by molar-refractivity contribution is 5.98. The molecule has 92 valence electrons. The minimum atomic E-state index is -0.328. The van der Waals surface area contributed by atoms with Gasteiger partial charge in [-0.25, -0.2) is 0 Å². The first-order valence-corrected chi connectivity index (χ1v) is 5.65. The largest absolute Gasteiger partial charge is 0.505 e. The lowest BCUT2D eigenvalue weighted by Gasteiger charge is -2.11. The number of aromatic hydroxyl groups is 1. The predicted octanol–water partition coefficient (Wildman–Crippen LogP) is 0.883. The lowest BCUT2D eigenvalue weighted by atomic mass is 10.1. The molecule has 0 bridgehead atoms. The number of phenolic OH excluding ortho intramolecular Hbond substituents is 1. The molecule has 1 aromatic rings. The molecule has 5 heteroatoms. The third-order valence-electron chi connectivity index (χ3n) is 2.83. The van der Waals surface area contributed by atoms with Crippen LogP contribution in [-0.4, -0.2) is 30.3 Å². The molecule has 1 aliphatic heterocycles. The van der Waals surface area contributed by atoms with E-state index in [2.05, 4.69) is 5.32 Å². The van der Waals surface area contributed by atoms with Crippen LogP contribution in [0.4, 0.5) is 5.69 Å². The Labute approximate surface area is 99.6 Å². The normalized spacial score (nSPS) is 19.2. The quantitative estimate of drug-likeness (QED) is 0.537. The number of para-hydroxylation sites is 1. The van der Waals surface area contributed by atoms with E-state index in [9.17, 15) is 9.90 Å². The lowest BCUT2D eigenvalue weighted by Crippen LogP contribution is -2.31. The second-order valence-corrected chi connectivity index (χ2v) is 4.09. The van der Waals surface area contributed by atoms with Gasteiger partial charge in [0.2, 0.25) is 0 Å². The Morgan fingerprint density at radius 1 is 1.59 bits per heavy atom. The average molecular weight is 236 g/mol. The van der Waals surface area contributed by atoms with Gasteiger partial charge in [0.1, 0.15) is 0 Å². The molecule has 0 spiro atoms. The summed E-state index contributed by atoms with van der Waals surface area (Å²) in [6, 6.07) is 4.72. The fourth-order valence-corrected chi connectivity index (χ4v) is 1.85. The van der Waals surface area contributed by atoms with E-state index in [1.165, 1.54) is 6.07 Å². The molecule has 1 aromatic carbocycles. The van der Waals surface area contributed by atoms with Gasteiger partial charge in [-0.1, -0.05) is 6.07 Å². The first kappa shape index (κ1) is 11.7. The minimum absolute atomic E-state index is 0.0853. The van der Waals surface area contributed by atoms with Crippen LogP contribution >= 0.6 is 0 Å². The standard InChI is InChI=1S/C12H16N2O3/c13-10-5-1-4-9(11(10)15)12(16)14-7-8-3-2-6-17-8/h1,4-5,8,15H,2-3,6-7,13H2,(H,14,16). The van der Waals surface area contributed by atoms with Gasteiger partial charge >= 0.3 is 0 Å². The predicted molar refractivity (Wildman–Crippen MR) is 63.8 cm³/mol. The van der Waals surface area contributed by atoms with Crippen LogP contribution in [-0.2, 0) is 4.74 Å². The Balaban J connectivity index is 1.97. The van der Waals surface area contributed by atoms with Crippen LogP contribution in [0.1, 0.15) is 23.2 Å². The highest BCUT2D eigenvalue weighted by Gasteiger charge is 2.18. The van der Waals surface area contributed by atoms with Crippen molar-refractivity contribution in [3.05, 3.63) is 23.8 Å². The van der Waals surface area contributed by atoms with Crippen molar-refractivity contribution in [2.24, 2.45) is 0 Å². The molecule has 1 aliphatic rings. The first-order valence-electron chi connectivity index (χ1n) is 5.65. The number of carbonyl (C=O) groups is 1. The maximum absolute atomic E-state index is 11.8. The van der Waals surface area contributed by atoms with Gasteiger partial charge < -0.3 is 20.9 Å². The summed E-state index contributed by atoms with van der Waals surface area (Å²) < 4.78 is 5.39. The van der Waals surface area contributed by atoms with Gasteiger partial charge in [0.25, 0.3) is 5.91 Å². The van der Waals surface area contributed by atoms with Gasteiger partial charge in [0.15, 0.2) is 5.75 Å². The summed E-state index contributed by atoms with van der Waals surface area (Å²) in [5, 5.41) is 12.4. The smallest absolute Gasteiger partial charge is 0.255 e. The third kappa shape index (κ3) is 2.68.